The van der Waals surface area contributed by atoms with Crippen LogP contribution in [0.2, 0.25) is 0 Å². The van der Waals surface area contributed by atoms with Crippen molar-refractivity contribution < 1.29 is 9.53 Å². The molecule has 0 aromatic heterocycles. The second-order valence-electron chi connectivity index (χ2n) is 9.63. The van der Waals surface area contributed by atoms with Crippen molar-refractivity contribution in [3.05, 3.63) is 65.2 Å². The van der Waals surface area contributed by atoms with Gasteiger partial charge in [-0.3, -0.25) is 9.79 Å². The van der Waals surface area contributed by atoms with E-state index >= 15 is 0 Å². The van der Waals surface area contributed by atoms with Gasteiger partial charge in [-0.05, 0) is 58.4 Å². The van der Waals surface area contributed by atoms with Crippen LogP contribution in [0.25, 0.3) is 0 Å². The minimum absolute atomic E-state index is 0.0714. The number of rotatable bonds is 4. The maximum absolute atomic E-state index is 12.5. The quantitative estimate of drug-likeness (QED) is 0.510. The molecule has 1 heterocycles. The smallest absolute Gasteiger partial charge is 0.251 e. The van der Waals surface area contributed by atoms with Gasteiger partial charge in [0.2, 0.25) is 0 Å². The van der Waals surface area contributed by atoms with Gasteiger partial charge < -0.3 is 20.7 Å². The van der Waals surface area contributed by atoms with E-state index in [2.05, 4.69) is 40.9 Å². The third-order valence-corrected chi connectivity index (χ3v) is 5.05. The summed E-state index contributed by atoms with van der Waals surface area (Å²) in [4.78, 5) is 16.9. The van der Waals surface area contributed by atoms with Crippen LogP contribution in [0.15, 0.2) is 53.5 Å². The Hall–Kier alpha value is -3.02. The van der Waals surface area contributed by atoms with E-state index in [1.807, 2.05) is 63.2 Å². The molecule has 0 saturated carbocycles. The Kier molecular flexibility index (Phi) is 6.58. The minimum atomic E-state index is -0.273. The molecule has 6 nitrogen and oxygen atoms in total. The van der Waals surface area contributed by atoms with Crippen molar-refractivity contribution in [2.45, 2.75) is 64.8 Å². The molecule has 3 N–H and O–H groups in total. The van der Waals surface area contributed by atoms with Crippen LogP contribution in [0.5, 0.6) is 5.75 Å². The highest BCUT2D eigenvalue weighted by Gasteiger charge is 2.33. The Morgan fingerprint density at radius 1 is 1.16 bits per heavy atom. The number of ether oxygens (including phenoxy) is 1. The number of hydrogen-bond acceptors (Lipinski definition) is 3. The Bertz CT molecular complexity index is 960. The molecule has 0 spiro atoms. The van der Waals surface area contributed by atoms with Gasteiger partial charge in [0.05, 0.1) is 6.04 Å². The van der Waals surface area contributed by atoms with Gasteiger partial charge in [0.15, 0.2) is 5.96 Å². The third-order valence-electron chi connectivity index (χ3n) is 5.05. The van der Waals surface area contributed by atoms with Gasteiger partial charge in [-0.15, -0.1) is 0 Å². The van der Waals surface area contributed by atoms with E-state index in [0.717, 1.165) is 23.3 Å². The molecule has 1 aliphatic rings. The van der Waals surface area contributed by atoms with Crippen LogP contribution < -0.4 is 20.7 Å². The summed E-state index contributed by atoms with van der Waals surface area (Å²) in [7, 11) is 1.76. The van der Waals surface area contributed by atoms with Crippen LogP contribution >= 0.6 is 0 Å². The van der Waals surface area contributed by atoms with E-state index in [-0.39, 0.29) is 23.1 Å². The standard InChI is InChI=1S/C25H34N4O2/c1-24(2,3)29-22(30)18-11-9-10-17(14-18)16-27-23(26-6)28-20-15-25(4,5)31-21-13-8-7-12-19(20)21/h7-14,20H,15-16H2,1-6H3,(H,29,30)(H2,26,27,28). The molecule has 1 amide bonds. The van der Waals surface area contributed by atoms with E-state index in [4.69, 9.17) is 4.74 Å². The molecule has 0 saturated heterocycles. The molecule has 2 aromatic carbocycles. The molecule has 2 aromatic rings. The highest BCUT2D eigenvalue weighted by molar-refractivity contribution is 5.94. The van der Waals surface area contributed by atoms with Gasteiger partial charge in [0.1, 0.15) is 11.4 Å². The van der Waals surface area contributed by atoms with Crippen LogP contribution in [0.4, 0.5) is 0 Å². The minimum Gasteiger partial charge on any atom is -0.487 e. The highest BCUT2D eigenvalue weighted by Crippen LogP contribution is 2.39. The number of carbonyl (C=O) groups is 1. The van der Waals surface area contributed by atoms with Crippen LogP contribution in [0, 0.1) is 0 Å². The second kappa shape index (κ2) is 9.00. The average Bonchev–Trinajstić information content (AvgIpc) is 2.69. The zero-order valence-electron chi connectivity index (χ0n) is 19.4. The van der Waals surface area contributed by atoms with E-state index in [1.165, 1.54) is 0 Å². The first-order valence-corrected chi connectivity index (χ1v) is 10.7. The third kappa shape index (κ3) is 6.23. The number of benzene rings is 2. The van der Waals surface area contributed by atoms with Crippen LogP contribution in [0.3, 0.4) is 0 Å². The molecule has 0 aliphatic carbocycles. The van der Waals surface area contributed by atoms with Crippen molar-refractivity contribution in [3.63, 3.8) is 0 Å². The van der Waals surface area contributed by atoms with Gasteiger partial charge in [-0.1, -0.05) is 30.3 Å². The fourth-order valence-electron chi connectivity index (χ4n) is 3.71. The van der Waals surface area contributed by atoms with E-state index < -0.39 is 0 Å². The SMILES string of the molecule is CN=C(NCc1cccc(C(=O)NC(C)(C)C)c1)NC1CC(C)(C)Oc2ccccc21. The van der Waals surface area contributed by atoms with Gasteiger partial charge in [0, 0.05) is 36.7 Å². The summed E-state index contributed by atoms with van der Waals surface area (Å²) < 4.78 is 6.13. The fourth-order valence-corrected chi connectivity index (χ4v) is 3.71. The molecular formula is C25H34N4O2. The maximum Gasteiger partial charge on any atom is 0.251 e. The Morgan fingerprint density at radius 2 is 1.90 bits per heavy atom. The molecule has 0 bridgehead atoms. The molecule has 166 valence electrons. The summed E-state index contributed by atoms with van der Waals surface area (Å²) in [5.74, 6) is 1.55. The topological polar surface area (TPSA) is 74.8 Å². The molecule has 3 rings (SSSR count). The molecule has 31 heavy (non-hydrogen) atoms. The largest absolute Gasteiger partial charge is 0.487 e. The summed E-state index contributed by atoms with van der Waals surface area (Å²) in [6.45, 7) is 10.7. The molecule has 1 aliphatic heterocycles. The van der Waals surface area contributed by atoms with Crippen molar-refractivity contribution in [3.8, 4) is 5.75 Å². The summed E-state index contributed by atoms with van der Waals surface area (Å²) in [6.07, 6.45) is 0.827. The number of nitrogens with one attached hydrogen (secondary N) is 3. The molecule has 0 radical (unpaired) electrons. The summed E-state index contributed by atoms with van der Waals surface area (Å²) in [5.41, 5.74) is 2.25. The number of nitrogens with zero attached hydrogens (tertiary/aromatic N) is 1. The van der Waals surface area contributed by atoms with Crippen molar-refractivity contribution >= 4 is 11.9 Å². The lowest BCUT2D eigenvalue weighted by atomic mass is 9.90. The zero-order chi connectivity index (χ0) is 22.6. The average molecular weight is 423 g/mol. The lowest BCUT2D eigenvalue weighted by Crippen LogP contribution is -2.45. The summed E-state index contributed by atoms with van der Waals surface area (Å²) >= 11 is 0. The number of fused-ring (bicyclic) bond motifs is 1. The number of hydrogen-bond donors (Lipinski definition) is 3. The molecule has 0 fully saturated rings. The van der Waals surface area contributed by atoms with Crippen molar-refractivity contribution in [1.82, 2.24) is 16.0 Å². The van der Waals surface area contributed by atoms with Crippen LogP contribution in [-0.2, 0) is 6.54 Å². The monoisotopic (exact) mass is 422 g/mol. The molecular weight excluding hydrogens is 388 g/mol. The first-order valence-electron chi connectivity index (χ1n) is 10.7. The molecule has 1 atom stereocenters. The van der Waals surface area contributed by atoms with E-state index in [0.29, 0.717) is 18.1 Å². The number of guanidine groups is 1. The van der Waals surface area contributed by atoms with Gasteiger partial charge in [0.25, 0.3) is 5.91 Å². The first-order chi connectivity index (χ1) is 14.6. The van der Waals surface area contributed by atoms with Crippen LogP contribution in [0.1, 0.15) is 68.6 Å². The maximum atomic E-state index is 12.5. The Balaban J connectivity index is 1.67. The van der Waals surface area contributed by atoms with Gasteiger partial charge in [-0.2, -0.15) is 0 Å². The van der Waals surface area contributed by atoms with E-state index in [9.17, 15) is 4.79 Å². The summed E-state index contributed by atoms with van der Waals surface area (Å²) in [6, 6.07) is 15.9. The number of carbonyl (C=O) groups excluding carboxylic acids is 1. The number of para-hydroxylation sites is 1. The predicted octanol–water partition coefficient (Wildman–Crippen LogP) is 4.18. The predicted molar refractivity (Wildman–Crippen MR) is 126 cm³/mol. The van der Waals surface area contributed by atoms with Crippen molar-refractivity contribution in [2.75, 3.05) is 7.05 Å². The Morgan fingerprint density at radius 3 is 2.61 bits per heavy atom. The van der Waals surface area contributed by atoms with Crippen molar-refractivity contribution in [1.29, 1.82) is 0 Å². The van der Waals surface area contributed by atoms with Gasteiger partial charge in [-0.25, -0.2) is 0 Å². The van der Waals surface area contributed by atoms with Crippen LogP contribution in [-0.4, -0.2) is 30.1 Å². The highest BCUT2D eigenvalue weighted by atomic mass is 16.5. The lowest BCUT2D eigenvalue weighted by Gasteiger charge is -2.38. The normalized spacial score (nSPS) is 17.9. The number of aliphatic imine (C=N–C) groups is 1. The van der Waals surface area contributed by atoms with Crippen molar-refractivity contribution in [2.24, 2.45) is 4.99 Å². The molecule has 1 unspecified atom stereocenters. The van der Waals surface area contributed by atoms with E-state index in [1.54, 1.807) is 7.05 Å². The number of amides is 1. The van der Waals surface area contributed by atoms with Gasteiger partial charge >= 0.3 is 0 Å². The lowest BCUT2D eigenvalue weighted by molar-refractivity contribution is 0.0694. The fraction of sp³-hybridized carbons (Fsp3) is 0.440. The first kappa shape index (κ1) is 22.7. The Labute approximate surface area is 185 Å². The second-order valence-corrected chi connectivity index (χ2v) is 9.63. The zero-order valence-corrected chi connectivity index (χ0v) is 19.4. The molecule has 6 heteroatoms. The summed E-state index contributed by atoms with van der Waals surface area (Å²) in [5, 5.41) is 9.91.